The van der Waals surface area contributed by atoms with Crippen LogP contribution in [0.15, 0.2) is 48.5 Å². The molecule has 0 saturated carbocycles. The van der Waals surface area contributed by atoms with Gasteiger partial charge in [-0.15, -0.1) is 13.2 Å². The highest BCUT2D eigenvalue weighted by Gasteiger charge is 2.31. The Hall–Kier alpha value is -2.50. The molecule has 1 unspecified atom stereocenters. The fraction of sp³-hybridized carbons (Fsp3) is 0.235. The first-order valence-electron chi connectivity index (χ1n) is 7.16. The summed E-state index contributed by atoms with van der Waals surface area (Å²) in [5.74, 6) is -0.189. The fourth-order valence-corrected chi connectivity index (χ4v) is 2.62. The Labute approximate surface area is 131 Å². The van der Waals surface area contributed by atoms with Crippen LogP contribution in [0.4, 0.5) is 13.2 Å². The number of carbonyl (C=O) groups is 1. The van der Waals surface area contributed by atoms with Crippen LogP contribution in [-0.4, -0.2) is 12.3 Å². The predicted octanol–water partition coefficient (Wildman–Crippen LogP) is 4.20. The number of halogens is 3. The minimum atomic E-state index is -4.69. The summed E-state index contributed by atoms with van der Waals surface area (Å²) in [6, 6.07) is 13.4. The summed E-state index contributed by atoms with van der Waals surface area (Å²) in [4.78, 5) is 11.2. The molecule has 0 aliphatic carbocycles. The van der Waals surface area contributed by atoms with Crippen molar-refractivity contribution in [2.24, 2.45) is 0 Å². The van der Waals surface area contributed by atoms with Crippen LogP contribution < -0.4 is 10.1 Å². The van der Waals surface area contributed by atoms with Crippen molar-refractivity contribution >= 4 is 5.91 Å². The van der Waals surface area contributed by atoms with E-state index in [4.69, 9.17) is 0 Å². The van der Waals surface area contributed by atoms with Crippen LogP contribution in [0.3, 0.4) is 0 Å². The Kier molecular flexibility index (Phi) is 3.98. The Bertz CT molecular complexity index is 693. The summed E-state index contributed by atoms with van der Waals surface area (Å²) in [6.07, 6.45) is -3.37. The molecular weight excluding hydrogens is 307 g/mol. The first-order valence-corrected chi connectivity index (χ1v) is 7.16. The van der Waals surface area contributed by atoms with Crippen molar-refractivity contribution in [3.63, 3.8) is 0 Å². The molecule has 2 aromatic carbocycles. The van der Waals surface area contributed by atoms with E-state index in [9.17, 15) is 18.0 Å². The van der Waals surface area contributed by atoms with Gasteiger partial charge < -0.3 is 10.1 Å². The molecule has 2 aromatic rings. The summed E-state index contributed by atoms with van der Waals surface area (Å²) >= 11 is 0. The van der Waals surface area contributed by atoms with Crippen molar-refractivity contribution in [2.75, 3.05) is 0 Å². The predicted molar refractivity (Wildman–Crippen MR) is 78.7 cm³/mol. The molecule has 1 aliphatic heterocycles. The standard InChI is InChI=1S/C17H14F3NO2/c18-17(19,20)23-14-7-5-12(6-8-14)11-1-3-13(4-2-11)15-9-10-16(22)21-15/h1-8,15H,9-10H2,(H,21,22). The lowest BCUT2D eigenvalue weighted by Crippen LogP contribution is -2.18. The van der Waals surface area contributed by atoms with Crippen LogP contribution in [0.1, 0.15) is 24.4 Å². The zero-order valence-electron chi connectivity index (χ0n) is 12.1. The van der Waals surface area contributed by atoms with E-state index in [1.54, 1.807) is 12.1 Å². The maximum absolute atomic E-state index is 12.1. The quantitative estimate of drug-likeness (QED) is 0.920. The molecule has 1 aliphatic rings. The van der Waals surface area contributed by atoms with Gasteiger partial charge in [0, 0.05) is 6.42 Å². The number of nitrogens with one attached hydrogen (secondary N) is 1. The van der Waals surface area contributed by atoms with Gasteiger partial charge in [-0.3, -0.25) is 4.79 Å². The van der Waals surface area contributed by atoms with Crippen LogP contribution in [-0.2, 0) is 4.79 Å². The third-order valence-electron chi connectivity index (χ3n) is 3.73. The number of hydrogen-bond acceptors (Lipinski definition) is 2. The van der Waals surface area contributed by atoms with Crippen molar-refractivity contribution in [1.29, 1.82) is 0 Å². The van der Waals surface area contributed by atoms with Crippen LogP contribution >= 0.6 is 0 Å². The summed E-state index contributed by atoms with van der Waals surface area (Å²) < 4.78 is 40.2. The van der Waals surface area contributed by atoms with Gasteiger partial charge in [-0.2, -0.15) is 0 Å². The largest absolute Gasteiger partial charge is 0.573 e. The lowest BCUT2D eigenvalue weighted by atomic mass is 10.00. The highest BCUT2D eigenvalue weighted by molar-refractivity contribution is 5.78. The van der Waals surface area contributed by atoms with Gasteiger partial charge >= 0.3 is 6.36 Å². The molecule has 120 valence electrons. The van der Waals surface area contributed by atoms with Gasteiger partial charge in [-0.25, -0.2) is 0 Å². The van der Waals surface area contributed by atoms with Gasteiger partial charge in [-0.05, 0) is 35.2 Å². The van der Waals surface area contributed by atoms with Crippen LogP contribution in [0.25, 0.3) is 11.1 Å². The van der Waals surface area contributed by atoms with Gasteiger partial charge in [0.2, 0.25) is 5.91 Å². The monoisotopic (exact) mass is 321 g/mol. The molecule has 1 heterocycles. The lowest BCUT2D eigenvalue weighted by Gasteiger charge is -2.12. The number of carbonyl (C=O) groups excluding carboxylic acids is 1. The Morgan fingerprint density at radius 3 is 2.00 bits per heavy atom. The lowest BCUT2D eigenvalue weighted by molar-refractivity contribution is -0.274. The van der Waals surface area contributed by atoms with E-state index in [0.717, 1.165) is 23.1 Å². The molecule has 1 atom stereocenters. The highest BCUT2D eigenvalue weighted by atomic mass is 19.4. The number of alkyl halides is 3. The average Bonchev–Trinajstić information content (AvgIpc) is 2.93. The molecular formula is C17H14F3NO2. The van der Waals surface area contributed by atoms with Crippen LogP contribution in [0, 0.1) is 0 Å². The van der Waals surface area contributed by atoms with E-state index in [-0.39, 0.29) is 17.7 Å². The third-order valence-corrected chi connectivity index (χ3v) is 3.73. The van der Waals surface area contributed by atoms with Crippen molar-refractivity contribution in [3.05, 3.63) is 54.1 Å². The smallest absolute Gasteiger partial charge is 0.406 e. The number of amides is 1. The zero-order valence-corrected chi connectivity index (χ0v) is 12.1. The summed E-state index contributed by atoms with van der Waals surface area (Å²) in [6.45, 7) is 0. The zero-order chi connectivity index (χ0) is 16.4. The van der Waals surface area contributed by atoms with Crippen LogP contribution in [0.5, 0.6) is 5.75 Å². The third kappa shape index (κ3) is 3.83. The minimum absolute atomic E-state index is 0.0408. The van der Waals surface area contributed by atoms with E-state index >= 15 is 0 Å². The van der Waals surface area contributed by atoms with Gasteiger partial charge in [0.05, 0.1) is 6.04 Å². The molecule has 3 nitrogen and oxygen atoms in total. The molecule has 1 fully saturated rings. The van der Waals surface area contributed by atoms with Crippen molar-refractivity contribution < 1.29 is 22.7 Å². The molecule has 1 N–H and O–H groups in total. The first kappa shape index (κ1) is 15.4. The molecule has 0 bridgehead atoms. The molecule has 0 radical (unpaired) electrons. The number of benzene rings is 2. The van der Waals surface area contributed by atoms with Crippen molar-refractivity contribution in [1.82, 2.24) is 5.32 Å². The molecule has 0 aromatic heterocycles. The molecule has 1 saturated heterocycles. The second-order valence-corrected chi connectivity index (χ2v) is 5.35. The normalized spacial score (nSPS) is 17.9. The molecule has 0 spiro atoms. The minimum Gasteiger partial charge on any atom is -0.406 e. The van der Waals surface area contributed by atoms with Crippen LogP contribution in [0.2, 0.25) is 0 Å². The SMILES string of the molecule is O=C1CCC(c2ccc(-c3ccc(OC(F)(F)F)cc3)cc2)N1. The Morgan fingerprint density at radius 2 is 1.52 bits per heavy atom. The van der Waals surface area contributed by atoms with E-state index in [1.807, 2.05) is 24.3 Å². The Morgan fingerprint density at radius 1 is 0.957 bits per heavy atom. The first-order chi connectivity index (χ1) is 10.9. The van der Waals surface area contributed by atoms with Gasteiger partial charge in [0.25, 0.3) is 0 Å². The summed E-state index contributed by atoms with van der Waals surface area (Å²) in [5.41, 5.74) is 2.70. The van der Waals surface area contributed by atoms with E-state index < -0.39 is 6.36 Å². The second-order valence-electron chi connectivity index (χ2n) is 5.35. The average molecular weight is 321 g/mol. The van der Waals surface area contributed by atoms with Gasteiger partial charge in [0.1, 0.15) is 5.75 Å². The topological polar surface area (TPSA) is 38.3 Å². The summed E-state index contributed by atoms with van der Waals surface area (Å²) in [5, 5.41) is 2.90. The van der Waals surface area contributed by atoms with Gasteiger partial charge in [-0.1, -0.05) is 36.4 Å². The molecule has 3 rings (SSSR count). The second kappa shape index (κ2) is 5.95. The van der Waals surface area contributed by atoms with E-state index in [2.05, 4.69) is 10.1 Å². The maximum Gasteiger partial charge on any atom is 0.573 e. The van der Waals surface area contributed by atoms with Crippen molar-refractivity contribution in [2.45, 2.75) is 25.2 Å². The number of rotatable bonds is 3. The van der Waals surface area contributed by atoms with E-state index in [0.29, 0.717) is 6.42 Å². The van der Waals surface area contributed by atoms with Gasteiger partial charge in [0.15, 0.2) is 0 Å². The fourth-order valence-electron chi connectivity index (χ4n) is 2.62. The molecule has 23 heavy (non-hydrogen) atoms. The van der Waals surface area contributed by atoms with Crippen molar-refractivity contribution in [3.8, 4) is 16.9 Å². The summed E-state index contributed by atoms with van der Waals surface area (Å²) in [7, 11) is 0. The number of ether oxygens (including phenoxy) is 1. The Balaban J connectivity index is 1.73. The van der Waals surface area contributed by atoms with E-state index in [1.165, 1.54) is 12.1 Å². The maximum atomic E-state index is 12.1. The number of hydrogen-bond donors (Lipinski definition) is 1. The highest BCUT2D eigenvalue weighted by Crippen LogP contribution is 2.29. The molecule has 6 heteroatoms. The molecule has 1 amide bonds.